The number of anilines is 2. The molecule has 0 unspecified atom stereocenters. The van der Waals surface area contributed by atoms with Crippen LogP contribution in [0.4, 0.5) is 29.1 Å². The van der Waals surface area contributed by atoms with Gasteiger partial charge in [0.15, 0.2) is 17.3 Å². The summed E-state index contributed by atoms with van der Waals surface area (Å²) in [5, 5.41) is 14.1. The van der Waals surface area contributed by atoms with Crippen LogP contribution in [0.1, 0.15) is 30.7 Å². The van der Waals surface area contributed by atoms with Crippen molar-refractivity contribution < 1.29 is 22.3 Å². The molecular formula is C31H34F4N12O. The molecule has 0 atom stereocenters. The standard InChI is InChI=1S/C31H34F4N12O/c1-45(17-30(18-48-2)4-3-5-30)24-13-22(19-10-20(31(33,34)35)12-21(32)11-19)38-29-27(24)39-28(40-29)23-14-37-26(15-36-23)47-8-6-46(7-9-47)16-25-41-43-44-42-25/h10-15H,3-9,16-18H2,1-2H3,(H,38,39,40)(H,41,42,43,44). The van der Waals surface area contributed by atoms with Crippen LogP contribution in [0.5, 0.6) is 0 Å². The van der Waals surface area contributed by atoms with E-state index >= 15 is 0 Å². The van der Waals surface area contributed by atoms with Crippen molar-refractivity contribution >= 4 is 22.7 Å². The number of aromatic amines is 2. The number of methoxy groups -OCH3 is 1. The zero-order valence-corrected chi connectivity index (χ0v) is 26.4. The number of halogens is 4. The number of tetrazole rings is 1. The number of aromatic nitrogens is 9. The fourth-order valence-corrected chi connectivity index (χ4v) is 6.55. The van der Waals surface area contributed by atoms with Gasteiger partial charge >= 0.3 is 6.18 Å². The first-order chi connectivity index (χ1) is 23.1. The Balaban J connectivity index is 1.18. The number of benzene rings is 1. The van der Waals surface area contributed by atoms with E-state index in [1.807, 2.05) is 11.9 Å². The zero-order chi connectivity index (χ0) is 33.5. The molecule has 5 heterocycles. The molecule has 5 aromatic rings. The summed E-state index contributed by atoms with van der Waals surface area (Å²) in [6.07, 6.45) is 1.69. The van der Waals surface area contributed by atoms with Crippen molar-refractivity contribution in [3.05, 3.63) is 53.9 Å². The van der Waals surface area contributed by atoms with Gasteiger partial charge in [0, 0.05) is 57.9 Å². The van der Waals surface area contributed by atoms with Crippen LogP contribution < -0.4 is 9.80 Å². The zero-order valence-electron chi connectivity index (χ0n) is 26.4. The second kappa shape index (κ2) is 12.7. The van der Waals surface area contributed by atoms with E-state index in [2.05, 4.69) is 55.3 Å². The minimum absolute atomic E-state index is 0.000192. The summed E-state index contributed by atoms with van der Waals surface area (Å²) >= 11 is 0. The van der Waals surface area contributed by atoms with Gasteiger partial charge in [0.1, 0.15) is 22.8 Å². The summed E-state index contributed by atoms with van der Waals surface area (Å²) in [4.78, 5) is 28.3. The van der Waals surface area contributed by atoms with Crippen molar-refractivity contribution in [2.45, 2.75) is 32.0 Å². The van der Waals surface area contributed by atoms with Crippen LogP contribution in [0.3, 0.4) is 0 Å². The van der Waals surface area contributed by atoms with Gasteiger partial charge in [-0.15, -0.1) is 10.2 Å². The lowest BCUT2D eigenvalue weighted by Gasteiger charge is -2.44. The Morgan fingerprint density at radius 3 is 2.46 bits per heavy atom. The van der Waals surface area contributed by atoms with E-state index in [4.69, 9.17) is 4.74 Å². The highest BCUT2D eigenvalue weighted by Gasteiger charge is 2.38. The summed E-state index contributed by atoms with van der Waals surface area (Å²) in [5.41, 5.74) is 1.01. The van der Waals surface area contributed by atoms with Crippen molar-refractivity contribution in [2.75, 3.05) is 63.3 Å². The van der Waals surface area contributed by atoms with Gasteiger partial charge in [0.25, 0.3) is 0 Å². The summed E-state index contributed by atoms with van der Waals surface area (Å²) in [6, 6.07) is 4.10. The molecule has 0 radical (unpaired) electrons. The molecule has 2 aliphatic rings. The third-order valence-corrected chi connectivity index (χ3v) is 9.14. The van der Waals surface area contributed by atoms with E-state index in [1.165, 1.54) is 0 Å². The molecule has 1 aliphatic carbocycles. The third kappa shape index (κ3) is 6.51. The number of imidazole rings is 1. The topological polar surface area (TPSA) is 141 Å². The molecule has 252 valence electrons. The number of piperazine rings is 1. The van der Waals surface area contributed by atoms with Crippen LogP contribution in [0.15, 0.2) is 36.7 Å². The third-order valence-electron chi connectivity index (χ3n) is 9.14. The quantitative estimate of drug-likeness (QED) is 0.206. The molecule has 1 saturated carbocycles. The summed E-state index contributed by atoms with van der Waals surface area (Å²) < 4.78 is 60.8. The van der Waals surface area contributed by atoms with E-state index in [1.54, 1.807) is 25.6 Å². The van der Waals surface area contributed by atoms with Gasteiger partial charge < -0.3 is 19.5 Å². The smallest absolute Gasteiger partial charge is 0.384 e. The van der Waals surface area contributed by atoms with Crippen LogP contribution in [-0.4, -0.2) is 104 Å². The van der Waals surface area contributed by atoms with Crippen LogP contribution >= 0.6 is 0 Å². The van der Waals surface area contributed by atoms with Crippen LogP contribution in [0.25, 0.3) is 33.9 Å². The maximum atomic E-state index is 14.5. The number of hydrogen-bond acceptors (Lipinski definition) is 11. The van der Waals surface area contributed by atoms with E-state index in [0.29, 0.717) is 54.3 Å². The lowest BCUT2D eigenvalue weighted by atomic mass is 9.69. The number of pyridine rings is 1. The number of hydrogen-bond donors (Lipinski definition) is 2. The van der Waals surface area contributed by atoms with Crippen molar-refractivity contribution in [1.29, 1.82) is 0 Å². The summed E-state index contributed by atoms with van der Waals surface area (Å²) in [5.74, 6) is 0.773. The van der Waals surface area contributed by atoms with E-state index in [9.17, 15) is 17.6 Å². The second-order valence-corrected chi connectivity index (χ2v) is 12.5. The Morgan fingerprint density at radius 1 is 1.00 bits per heavy atom. The molecule has 48 heavy (non-hydrogen) atoms. The molecule has 1 aliphatic heterocycles. The van der Waals surface area contributed by atoms with Crippen LogP contribution in [-0.2, 0) is 17.5 Å². The predicted molar refractivity (Wildman–Crippen MR) is 168 cm³/mol. The van der Waals surface area contributed by atoms with Crippen LogP contribution in [0, 0.1) is 11.2 Å². The molecule has 0 spiro atoms. The molecule has 1 saturated heterocycles. The van der Waals surface area contributed by atoms with Gasteiger partial charge in [-0.2, -0.15) is 18.4 Å². The van der Waals surface area contributed by atoms with Crippen molar-refractivity contribution in [1.82, 2.24) is 50.4 Å². The Morgan fingerprint density at radius 2 is 1.81 bits per heavy atom. The largest absolute Gasteiger partial charge is 0.416 e. The second-order valence-electron chi connectivity index (χ2n) is 12.5. The summed E-state index contributed by atoms with van der Waals surface area (Å²) in [7, 11) is 3.59. The molecule has 4 aromatic heterocycles. The van der Waals surface area contributed by atoms with E-state index in [0.717, 1.165) is 63.4 Å². The van der Waals surface area contributed by atoms with Crippen molar-refractivity contribution in [2.24, 2.45) is 5.41 Å². The lowest BCUT2D eigenvalue weighted by Crippen LogP contribution is -2.46. The fourth-order valence-electron chi connectivity index (χ4n) is 6.55. The molecule has 2 N–H and O–H groups in total. The first kappa shape index (κ1) is 31.8. The highest BCUT2D eigenvalue weighted by molar-refractivity contribution is 5.91. The normalized spacial score (nSPS) is 16.8. The van der Waals surface area contributed by atoms with E-state index in [-0.39, 0.29) is 22.3 Å². The van der Waals surface area contributed by atoms with Gasteiger partial charge in [-0.3, -0.25) is 4.90 Å². The number of nitrogens with one attached hydrogen (secondary N) is 2. The van der Waals surface area contributed by atoms with Gasteiger partial charge in [0.05, 0.1) is 42.5 Å². The average Bonchev–Trinajstić information content (AvgIpc) is 3.73. The first-order valence-electron chi connectivity index (χ1n) is 15.6. The fraction of sp³-hybridized carbons (Fsp3) is 0.452. The maximum Gasteiger partial charge on any atom is 0.416 e. The number of alkyl halides is 3. The highest BCUT2D eigenvalue weighted by Crippen LogP contribution is 2.43. The molecule has 13 nitrogen and oxygen atoms in total. The average molecular weight is 667 g/mol. The molecule has 0 bridgehead atoms. The Labute approximate surface area is 272 Å². The van der Waals surface area contributed by atoms with Gasteiger partial charge in [-0.1, -0.05) is 11.6 Å². The Kier molecular flexibility index (Phi) is 8.41. The number of H-pyrrole nitrogens is 2. The number of nitrogens with zero attached hydrogens (tertiary/aromatic N) is 10. The van der Waals surface area contributed by atoms with Crippen molar-refractivity contribution in [3.63, 3.8) is 0 Å². The predicted octanol–water partition coefficient (Wildman–Crippen LogP) is 4.33. The molecule has 1 aromatic carbocycles. The molecule has 2 fully saturated rings. The monoisotopic (exact) mass is 666 g/mol. The van der Waals surface area contributed by atoms with E-state index < -0.39 is 17.6 Å². The summed E-state index contributed by atoms with van der Waals surface area (Å²) in [6.45, 7) is 4.94. The number of fused-ring (bicyclic) bond motifs is 1. The van der Waals surface area contributed by atoms with Gasteiger partial charge in [-0.05, 0) is 37.1 Å². The molecular weight excluding hydrogens is 632 g/mol. The number of ether oxygens (including phenoxy) is 1. The molecule has 7 rings (SSSR count). The lowest BCUT2D eigenvalue weighted by molar-refractivity contribution is -0.137. The first-order valence-corrected chi connectivity index (χ1v) is 15.6. The van der Waals surface area contributed by atoms with Gasteiger partial charge in [0.2, 0.25) is 0 Å². The Hall–Kier alpha value is -4.77. The molecule has 17 heteroatoms. The maximum absolute atomic E-state index is 14.5. The minimum atomic E-state index is -4.72. The SMILES string of the molecule is COCC1(CN(C)c2cc(-c3cc(F)cc(C(F)(F)F)c3)nc3nc(-c4cnc(N5CCN(Cc6nn[nH]n6)CC5)cn4)[nH]c23)CCC1. The number of rotatable bonds is 10. The van der Waals surface area contributed by atoms with Gasteiger partial charge in [-0.25, -0.2) is 24.3 Å². The van der Waals surface area contributed by atoms with Crippen molar-refractivity contribution in [3.8, 4) is 22.8 Å². The minimum Gasteiger partial charge on any atom is -0.384 e. The van der Waals surface area contributed by atoms with Crippen LogP contribution in [0.2, 0.25) is 0 Å². The molecule has 0 amide bonds. The Bertz CT molecular complexity index is 1870. The highest BCUT2D eigenvalue weighted by atomic mass is 19.4.